The lowest BCUT2D eigenvalue weighted by molar-refractivity contribution is 0.0782. The summed E-state index contributed by atoms with van der Waals surface area (Å²) in [6.45, 7) is 4.39. The molecule has 2 aromatic rings. The van der Waals surface area contributed by atoms with Gasteiger partial charge in [0.15, 0.2) is 5.78 Å². The summed E-state index contributed by atoms with van der Waals surface area (Å²) in [5.74, 6) is 0.332. The Labute approximate surface area is 148 Å². The van der Waals surface area contributed by atoms with Crippen molar-refractivity contribution in [1.82, 2.24) is 10.2 Å². The van der Waals surface area contributed by atoms with E-state index in [-0.39, 0.29) is 11.7 Å². The molecule has 0 spiro atoms. The molecule has 1 aliphatic rings. The number of amides is 1. The number of rotatable bonds is 5. The number of aryl methyl sites for hydroxylation is 1. The molecular weight excluding hydrogens is 312 g/mol. The molecule has 3 rings (SSSR count). The zero-order chi connectivity index (χ0) is 17.8. The van der Waals surface area contributed by atoms with Crippen LogP contribution in [0.2, 0.25) is 0 Å². The Hall–Kier alpha value is -2.46. The summed E-state index contributed by atoms with van der Waals surface area (Å²) in [6.07, 6.45) is 1.00. The summed E-state index contributed by atoms with van der Waals surface area (Å²) in [4.78, 5) is 27.7. The van der Waals surface area contributed by atoms with Crippen LogP contribution in [-0.4, -0.2) is 43.3 Å². The van der Waals surface area contributed by atoms with Gasteiger partial charge in [0.25, 0.3) is 5.91 Å². The van der Waals surface area contributed by atoms with Crippen molar-refractivity contribution in [3.63, 3.8) is 0 Å². The van der Waals surface area contributed by atoms with Crippen LogP contribution in [0.3, 0.4) is 0 Å². The SMILES string of the molecule is CNCC1CCN(C(=O)c2ccccc2C(=O)c2ccc(C)cc2)C1. The maximum absolute atomic E-state index is 13.0. The summed E-state index contributed by atoms with van der Waals surface area (Å²) >= 11 is 0. The smallest absolute Gasteiger partial charge is 0.254 e. The van der Waals surface area contributed by atoms with E-state index in [1.807, 2.05) is 55.3 Å². The van der Waals surface area contributed by atoms with Crippen LogP contribution in [0.5, 0.6) is 0 Å². The van der Waals surface area contributed by atoms with Crippen molar-refractivity contribution in [2.75, 3.05) is 26.7 Å². The number of hydrogen-bond acceptors (Lipinski definition) is 3. The Kier molecular flexibility index (Phi) is 5.29. The van der Waals surface area contributed by atoms with E-state index < -0.39 is 0 Å². The van der Waals surface area contributed by atoms with E-state index in [0.29, 0.717) is 22.6 Å². The fourth-order valence-corrected chi connectivity index (χ4v) is 3.37. The van der Waals surface area contributed by atoms with Crippen LogP contribution in [0.4, 0.5) is 0 Å². The summed E-state index contributed by atoms with van der Waals surface area (Å²) in [5, 5.41) is 3.17. The molecule has 2 aromatic carbocycles. The van der Waals surface area contributed by atoms with Crippen LogP contribution >= 0.6 is 0 Å². The van der Waals surface area contributed by atoms with E-state index in [9.17, 15) is 9.59 Å². The monoisotopic (exact) mass is 336 g/mol. The van der Waals surface area contributed by atoms with E-state index in [4.69, 9.17) is 0 Å². The lowest BCUT2D eigenvalue weighted by atomic mass is 9.97. The molecule has 1 atom stereocenters. The Morgan fingerprint density at radius 2 is 1.76 bits per heavy atom. The van der Waals surface area contributed by atoms with Crippen molar-refractivity contribution in [3.05, 3.63) is 70.8 Å². The standard InChI is InChI=1S/C21H24N2O2/c1-15-7-9-17(10-8-15)20(24)18-5-3-4-6-19(18)21(25)23-12-11-16(14-23)13-22-2/h3-10,16,22H,11-14H2,1-2H3. The normalized spacial score (nSPS) is 16.9. The molecule has 0 radical (unpaired) electrons. The van der Waals surface area contributed by atoms with Gasteiger partial charge in [0, 0.05) is 24.2 Å². The highest BCUT2D eigenvalue weighted by Crippen LogP contribution is 2.22. The van der Waals surface area contributed by atoms with Crippen LogP contribution in [0.15, 0.2) is 48.5 Å². The first-order valence-corrected chi connectivity index (χ1v) is 8.74. The molecule has 1 amide bonds. The van der Waals surface area contributed by atoms with Gasteiger partial charge in [-0.2, -0.15) is 0 Å². The second kappa shape index (κ2) is 7.62. The molecule has 0 saturated carbocycles. The fraction of sp³-hybridized carbons (Fsp3) is 0.333. The molecule has 1 aliphatic heterocycles. The number of benzene rings is 2. The Morgan fingerprint density at radius 1 is 1.08 bits per heavy atom. The molecule has 1 heterocycles. The Balaban J connectivity index is 1.85. The van der Waals surface area contributed by atoms with Crippen LogP contribution in [-0.2, 0) is 0 Å². The van der Waals surface area contributed by atoms with Gasteiger partial charge in [-0.05, 0) is 38.9 Å². The molecule has 1 unspecified atom stereocenters. The van der Waals surface area contributed by atoms with Gasteiger partial charge in [-0.1, -0.05) is 48.0 Å². The summed E-state index contributed by atoms with van der Waals surface area (Å²) in [7, 11) is 1.93. The quantitative estimate of drug-likeness (QED) is 0.854. The lowest BCUT2D eigenvalue weighted by Gasteiger charge is -2.18. The number of hydrogen-bond donors (Lipinski definition) is 1. The Morgan fingerprint density at radius 3 is 2.44 bits per heavy atom. The van der Waals surface area contributed by atoms with E-state index in [1.54, 1.807) is 12.1 Å². The molecule has 1 saturated heterocycles. The molecule has 0 aromatic heterocycles. The van der Waals surface area contributed by atoms with Crippen molar-refractivity contribution in [2.45, 2.75) is 13.3 Å². The van der Waals surface area contributed by atoms with Gasteiger partial charge >= 0.3 is 0 Å². The third kappa shape index (κ3) is 3.80. The third-order valence-electron chi connectivity index (χ3n) is 4.78. The molecule has 1 N–H and O–H groups in total. The van der Waals surface area contributed by atoms with Gasteiger partial charge in [0.1, 0.15) is 0 Å². The second-order valence-electron chi connectivity index (χ2n) is 6.70. The molecule has 0 bridgehead atoms. The van der Waals surface area contributed by atoms with Crippen molar-refractivity contribution in [2.24, 2.45) is 5.92 Å². The van der Waals surface area contributed by atoms with Gasteiger partial charge in [-0.25, -0.2) is 0 Å². The Bertz CT molecular complexity index is 768. The number of carbonyl (C=O) groups excluding carboxylic acids is 2. The number of nitrogens with zero attached hydrogens (tertiary/aromatic N) is 1. The molecular formula is C21H24N2O2. The maximum Gasteiger partial charge on any atom is 0.254 e. The zero-order valence-corrected chi connectivity index (χ0v) is 14.8. The minimum atomic E-state index is -0.102. The number of carbonyl (C=O) groups is 2. The first-order valence-electron chi connectivity index (χ1n) is 8.74. The molecule has 4 nitrogen and oxygen atoms in total. The topological polar surface area (TPSA) is 49.4 Å². The van der Waals surface area contributed by atoms with E-state index in [2.05, 4.69) is 5.32 Å². The molecule has 4 heteroatoms. The van der Waals surface area contributed by atoms with Crippen LogP contribution in [0, 0.1) is 12.8 Å². The van der Waals surface area contributed by atoms with E-state index in [0.717, 1.165) is 31.6 Å². The fourth-order valence-electron chi connectivity index (χ4n) is 3.37. The van der Waals surface area contributed by atoms with Gasteiger partial charge < -0.3 is 10.2 Å². The average molecular weight is 336 g/mol. The highest BCUT2D eigenvalue weighted by molar-refractivity contribution is 6.15. The summed E-state index contributed by atoms with van der Waals surface area (Å²) in [6, 6.07) is 14.6. The number of nitrogens with one attached hydrogen (secondary N) is 1. The number of ketones is 1. The summed E-state index contributed by atoms with van der Waals surface area (Å²) < 4.78 is 0. The predicted molar refractivity (Wildman–Crippen MR) is 99.0 cm³/mol. The van der Waals surface area contributed by atoms with E-state index >= 15 is 0 Å². The number of likely N-dealkylation sites (tertiary alicyclic amines) is 1. The van der Waals surface area contributed by atoms with Crippen molar-refractivity contribution in [1.29, 1.82) is 0 Å². The van der Waals surface area contributed by atoms with Crippen LogP contribution in [0.1, 0.15) is 38.3 Å². The predicted octanol–water partition coefficient (Wildman–Crippen LogP) is 2.91. The zero-order valence-electron chi connectivity index (χ0n) is 14.8. The highest BCUT2D eigenvalue weighted by atomic mass is 16.2. The van der Waals surface area contributed by atoms with Crippen molar-refractivity contribution in [3.8, 4) is 0 Å². The second-order valence-corrected chi connectivity index (χ2v) is 6.70. The molecule has 1 fully saturated rings. The van der Waals surface area contributed by atoms with Gasteiger partial charge in [-0.3, -0.25) is 9.59 Å². The highest BCUT2D eigenvalue weighted by Gasteiger charge is 2.28. The van der Waals surface area contributed by atoms with Gasteiger partial charge in [0.05, 0.1) is 5.56 Å². The first-order chi connectivity index (χ1) is 12.1. The average Bonchev–Trinajstić information content (AvgIpc) is 3.10. The minimum Gasteiger partial charge on any atom is -0.338 e. The third-order valence-corrected chi connectivity index (χ3v) is 4.78. The molecule has 130 valence electrons. The lowest BCUT2D eigenvalue weighted by Crippen LogP contribution is -2.31. The first kappa shape index (κ1) is 17.4. The van der Waals surface area contributed by atoms with E-state index in [1.165, 1.54) is 0 Å². The maximum atomic E-state index is 13.0. The minimum absolute atomic E-state index is 0.0466. The van der Waals surface area contributed by atoms with Crippen molar-refractivity contribution >= 4 is 11.7 Å². The largest absolute Gasteiger partial charge is 0.338 e. The summed E-state index contributed by atoms with van der Waals surface area (Å²) in [5.41, 5.74) is 2.69. The van der Waals surface area contributed by atoms with Gasteiger partial charge in [-0.15, -0.1) is 0 Å². The molecule has 0 aliphatic carbocycles. The molecule has 25 heavy (non-hydrogen) atoms. The van der Waals surface area contributed by atoms with Crippen LogP contribution in [0.25, 0.3) is 0 Å². The van der Waals surface area contributed by atoms with Gasteiger partial charge in [0.2, 0.25) is 0 Å². The van der Waals surface area contributed by atoms with Crippen molar-refractivity contribution < 1.29 is 9.59 Å². The van der Waals surface area contributed by atoms with Crippen LogP contribution < -0.4 is 5.32 Å².